The smallest absolute Gasteiger partial charge is 0.273 e. The number of nitro groups is 1. The van der Waals surface area contributed by atoms with Crippen molar-refractivity contribution in [3.8, 4) is 5.75 Å². The number of benzene rings is 1. The Morgan fingerprint density at radius 2 is 2.29 bits per heavy atom. The third-order valence-electron chi connectivity index (χ3n) is 1.44. The van der Waals surface area contributed by atoms with Crippen LogP contribution in [0.4, 0.5) is 5.69 Å². The SMILES string of the molecule is COC(Br)Oc1cccc([N+](=O)[O-])c1. The second-order valence-corrected chi connectivity index (χ2v) is 3.13. The third kappa shape index (κ3) is 2.97. The van der Waals surface area contributed by atoms with Crippen LogP contribution in [0, 0.1) is 10.1 Å². The molecule has 5 nitrogen and oxygen atoms in total. The van der Waals surface area contributed by atoms with E-state index >= 15 is 0 Å². The van der Waals surface area contributed by atoms with E-state index in [9.17, 15) is 10.1 Å². The molecule has 0 fully saturated rings. The first-order valence-electron chi connectivity index (χ1n) is 3.71. The average molecular weight is 262 g/mol. The number of hydrogen-bond donors (Lipinski definition) is 0. The number of hydrogen-bond acceptors (Lipinski definition) is 4. The standard InChI is InChI=1S/C8H8BrNO4/c1-13-8(9)14-7-4-2-3-6(5-7)10(11)12/h2-5,8H,1H3. The van der Waals surface area contributed by atoms with Gasteiger partial charge < -0.3 is 9.47 Å². The molecule has 1 aromatic carbocycles. The zero-order valence-corrected chi connectivity index (χ0v) is 8.93. The van der Waals surface area contributed by atoms with Crippen LogP contribution >= 0.6 is 15.9 Å². The van der Waals surface area contributed by atoms with Crippen molar-refractivity contribution in [1.82, 2.24) is 0 Å². The fraction of sp³-hybridized carbons (Fsp3) is 0.250. The molecule has 1 aromatic rings. The van der Waals surface area contributed by atoms with E-state index in [1.165, 1.54) is 19.2 Å². The summed E-state index contributed by atoms with van der Waals surface area (Å²) in [6.07, 6.45) is 0. The number of nitrogens with zero attached hydrogens (tertiary/aromatic N) is 1. The molecule has 1 atom stereocenters. The highest BCUT2D eigenvalue weighted by atomic mass is 79.9. The van der Waals surface area contributed by atoms with E-state index in [-0.39, 0.29) is 5.69 Å². The first kappa shape index (κ1) is 10.9. The Kier molecular flexibility index (Phi) is 3.84. The molecule has 0 aliphatic rings. The van der Waals surface area contributed by atoms with Gasteiger partial charge in [-0.15, -0.1) is 0 Å². The number of halogens is 1. The lowest BCUT2D eigenvalue weighted by atomic mass is 10.3. The van der Waals surface area contributed by atoms with Crippen LogP contribution in [-0.4, -0.2) is 17.2 Å². The van der Waals surface area contributed by atoms with E-state index in [1.54, 1.807) is 12.1 Å². The van der Waals surface area contributed by atoms with Gasteiger partial charge in [-0.3, -0.25) is 10.1 Å². The number of nitro benzene ring substituents is 1. The minimum Gasteiger partial charge on any atom is -0.455 e. The summed E-state index contributed by atoms with van der Waals surface area (Å²) >= 11 is 3.06. The molecule has 0 spiro atoms. The van der Waals surface area contributed by atoms with Gasteiger partial charge in [-0.1, -0.05) is 6.07 Å². The van der Waals surface area contributed by atoms with Gasteiger partial charge in [0.05, 0.1) is 11.0 Å². The molecule has 1 unspecified atom stereocenters. The van der Waals surface area contributed by atoms with Crippen molar-refractivity contribution in [3.05, 3.63) is 34.4 Å². The monoisotopic (exact) mass is 261 g/mol. The van der Waals surface area contributed by atoms with Crippen LogP contribution in [0.1, 0.15) is 0 Å². The fourth-order valence-corrected chi connectivity index (χ4v) is 1.04. The van der Waals surface area contributed by atoms with Crippen LogP contribution in [0.3, 0.4) is 0 Å². The summed E-state index contributed by atoms with van der Waals surface area (Å²) in [5.41, 5.74) is -0.0155. The fourth-order valence-electron chi connectivity index (χ4n) is 0.825. The highest BCUT2D eigenvalue weighted by molar-refractivity contribution is 9.09. The minimum atomic E-state index is -0.607. The highest BCUT2D eigenvalue weighted by Gasteiger charge is 2.08. The zero-order valence-electron chi connectivity index (χ0n) is 7.34. The Bertz CT molecular complexity index is 331. The van der Waals surface area contributed by atoms with Gasteiger partial charge >= 0.3 is 0 Å². The van der Waals surface area contributed by atoms with E-state index in [0.717, 1.165) is 0 Å². The van der Waals surface area contributed by atoms with Crippen molar-refractivity contribution in [3.63, 3.8) is 0 Å². The second kappa shape index (κ2) is 4.92. The molecule has 76 valence electrons. The van der Waals surface area contributed by atoms with Crippen LogP contribution in [0.15, 0.2) is 24.3 Å². The van der Waals surface area contributed by atoms with Gasteiger partial charge in [-0.2, -0.15) is 0 Å². The molecule has 0 saturated carbocycles. The maximum atomic E-state index is 10.4. The van der Waals surface area contributed by atoms with Crippen molar-refractivity contribution in [2.45, 2.75) is 5.20 Å². The lowest BCUT2D eigenvalue weighted by Crippen LogP contribution is -2.09. The highest BCUT2D eigenvalue weighted by Crippen LogP contribution is 2.21. The number of methoxy groups -OCH3 is 1. The van der Waals surface area contributed by atoms with Gasteiger partial charge in [-0.05, 0) is 22.0 Å². The van der Waals surface area contributed by atoms with Gasteiger partial charge in [0.15, 0.2) is 0 Å². The quantitative estimate of drug-likeness (QED) is 0.361. The Hall–Kier alpha value is -1.14. The van der Waals surface area contributed by atoms with Crippen molar-refractivity contribution in [2.75, 3.05) is 7.11 Å². The lowest BCUT2D eigenvalue weighted by Gasteiger charge is -2.10. The van der Waals surface area contributed by atoms with Crippen LogP contribution in [-0.2, 0) is 4.74 Å². The summed E-state index contributed by atoms with van der Waals surface area (Å²) in [5, 5.41) is 9.81. The molecule has 0 saturated heterocycles. The van der Waals surface area contributed by atoms with E-state index in [4.69, 9.17) is 9.47 Å². The van der Waals surface area contributed by atoms with E-state index in [1.807, 2.05) is 0 Å². The van der Waals surface area contributed by atoms with Crippen molar-refractivity contribution >= 4 is 21.6 Å². The van der Waals surface area contributed by atoms with Gasteiger partial charge in [0.25, 0.3) is 10.9 Å². The van der Waals surface area contributed by atoms with E-state index in [0.29, 0.717) is 5.75 Å². The molecule has 1 rings (SSSR count). The van der Waals surface area contributed by atoms with Crippen LogP contribution in [0.2, 0.25) is 0 Å². The Labute approximate surface area is 88.9 Å². The summed E-state index contributed by atoms with van der Waals surface area (Å²) in [6.45, 7) is 0. The van der Waals surface area contributed by atoms with Gasteiger partial charge in [0.2, 0.25) is 0 Å². The molecule has 0 bridgehead atoms. The molecule has 0 heterocycles. The first-order valence-corrected chi connectivity index (χ1v) is 4.63. The van der Waals surface area contributed by atoms with Gasteiger partial charge in [0, 0.05) is 13.2 Å². The molecule has 6 heteroatoms. The summed E-state index contributed by atoms with van der Waals surface area (Å²) < 4.78 is 9.92. The number of rotatable bonds is 4. The summed E-state index contributed by atoms with van der Waals surface area (Å²) in [4.78, 5) is 9.93. The summed E-state index contributed by atoms with van der Waals surface area (Å²) in [6, 6.07) is 5.87. The maximum absolute atomic E-state index is 10.4. The van der Waals surface area contributed by atoms with Gasteiger partial charge in [0.1, 0.15) is 5.75 Å². The number of ether oxygens (including phenoxy) is 2. The van der Waals surface area contributed by atoms with Crippen LogP contribution in [0.5, 0.6) is 5.75 Å². The van der Waals surface area contributed by atoms with Crippen molar-refractivity contribution < 1.29 is 14.4 Å². The van der Waals surface area contributed by atoms with Crippen molar-refractivity contribution in [1.29, 1.82) is 0 Å². The number of non-ortho nitro benzene ring substituents is 1. The molecule has 0 N–H and O–H groups in total. The first-order chi connectivity index (χ1) is 6.63. The molecule has 0 radical (unpaired) electrons. The summed E-state index contributed by atoms with van der Waals surface area (Å²) in [5.74, 6) is 0.378. The average Bonchev–Trinajstić information content (AvgIpc) is 2.18. The van der Waals surface area contributed by atoms with Crippen LogP contribution in [0.25, 0.3) is 0 Å². The summed E-state index contributed by atoms with van der Waals surface area (Å²) in [7, 11) is 1.46. The predicted octanol–water partition coefficient (Wildman–Crippen LogP) is 2.30. The Morgan fingerprint density at radius 1 is 1.57 bits per heavy atom. The molecular weight excluding hydrogens is 254 g/mol. The zero-order chi connectivity index (χ0) is 10.6. The number of alkyl halides is 1. The normalized spacial score (nSPS) is 12.1. The maximum Gasteiger partial charge on any atom is 0.273 e. The molecular formula is C8H8BrNO4. The third-order valence-corrected chi connectivity index (χ3v) is 2.00. The molecule has 0 aliphatic carbocycles. The molecule has 0 aromatic heterocycles. The van der Waals surface area contributed by atoms with Crippen LogP contribution < -0.4 is 4.74 Å². The van der Waals surface area contributed by atoms with Crippen molar-refractivity contribution in [2.24, 2.45) is 0 Å². The van der Waals surface area contributed by atoms with E-state index in [2.05, 4.69) is 15.9 Å². The van der Waals surface area contributed by atoms with Gasteiger partial charge in [-0.25, -0.2) is 0 Å². The topological polar surface area (TPSA) is 61.6 Å². The minimum absolute atomic E-state index is 0.0155. The Morgan fingerprint density at radius 3 is 2.86 bits per heavy atom. The molecule has 0 aliphatic heterocycles. The Balaban J connectivity index is 2.78. The van der Waals surface area contributed by atoms with E-state index < -0.39 is 10.1 Å². The lowest BCUT2D eigenvalue weighted by molar-refractivity contribution is -0.385. The largest absolute Gasteiger partial charge is 0.455 e. The predicted molar refractivity (Wildman–Crippen MR) is 53.4 cm³/mol. The molecule has 14 heavy (non-hydrogen) atoms. The second-order valence-electron chi connectivity index (χ2n) is 2.38. The molecule has 0 amide bonds.